The van der Waals surface area contributed by atoms with Crippen LogP contribution in [0, 0.1) is 13.8 Å². The average Bonchev–Trinajstić information content (AvgIpc) is 2.37. The number of rotatable bonds is 4. The molecule has 20 heavy (non-hydrogen) atoms. The average molecular weight is 290 g/mol. The van der Waals surface area contributed by atoms with Crippen LogP contribution in [0.25, 0.3) is 0 Å². The molecule has 0 atom stereocenters. The Hall–Kier alpha value is -1.85. The second kappa shape index (κ2) is 5.64. The number of sulfonamides is 1. The van der Waals surface area contributed by atoms with Crippen LogP contribution >= 0.6 is 0 Å². The van der Waals surface area contributed by atoms with Gasteiger partial charge in [0.05, 0.1) is 4.90 Å². The van der Waals surface area contributed by atoms with Crippen molar-refractivity contribution in [3.63, 3.8) is 0 Å². The molecular formula is C15H18N2O2S. The zero-order chi connectivity index (χ0) is 14.8. The lowest BCUT2D eigenvalue weighted by Crippen LogP contribution is -2.24. The molecule has 0 spiro atoms. The lowest BCUT2D eigenvalue weighted by Gasteiger charge is -2.10. The van der Waals surface area contributed by atoms with Gasteiger partial charge in [-0.25, -0.2) is 13.1 Å². The van der Waals surface area contributed by atoms with Crippen molar-refractivity contribution in [1.29, 1.82) is 0 Å². The second-order valence-electron chi connectivity index (χ2n) is 4.84. The van der Waals surface area contributed by atoms with Crippen LogP contribution in [0.5, 0.6) is 0 Å². The molecule has 0 aliphatic heterocycles. The third-order valence-corrected chi connectivity index (χ3v) is 4.63. The van der Waals surface area contributed by atoms with E-state index < -0.39 is 10.0 Å². The van der Waals surface area contributed by atoms with Gasteiger partial charge in [-0.05, 0) is 43.2 Å². The molecule has 0 saturated carbocycles. The summed E-state index contributed by atoms with van der Waals surface area (Å²) >= 11 is 0. The van der Waals surface area contributed by atoms with Gasteiger partial charge in [-0.15, -0.1) is 0 Å². The highest BCUT2D eigenvalue weighted by Crippen LogP contribution is 2.16. The minimum absolute atomic E-state index is 0.246. The third kappa shape index (κ3) is 3.37. The van der Waals surface area contributed by atoms with Gasteiger partial charge >= 0.3 is 0 Å². The third-order valence-electron chi connectivity index (χ3n) is 3.07. The largest absolute Gasteiger partial charge is 0.399 e. The van der Waals surface area contributed by atoms with E-state index in [9.17, 15) is 8.42 Å². The Morgan fingerprint density at radius 2 is 1.70 bits per heavy atom. The normalized spacial score (nSPS) is 11.5. The van der Waals surface area contributed by atoms with Crippen LogP contribution in [0.3, 0.4) is 0 Å². The molecule has 2 aromatic carbocycles. The molecule has 0 unspecified atom stereocenters. The number of nitrogens with one attached hydrogen (secondary N) is 1. The number of nitrogen functional groups attached to an aromatic ring is 1. The predicted molar refractivity (Wildman–Crippen MR) is 80.8 cm³/mol. The molecule has 3 N–H and O–H groups in total. The number of hydrogen-bond acceptors (Lipinski definition) is 3. The summed E-state index contributed by atoms with van der Waals surface area (Å²) < 4.78 is 27.1. The van der Waals surface area contributed by atoms with Crippen LogP contribution in [0.4, 0.5) is 5.69 Å². The van der Waals surface area contributed by atoms with Gasteiger partial charge in [-0.1, -0.05) is 29.8 Å². The van der Waals surface area contributed by atoms with Gasteiger partial charge in [0.2, 0.25) is 10.0 Å². The molecule has 0 aromatic heterocycles. The van der Waals surface area contributed by atoms with Crippen molar-refractivity contribution in [1.82, 2.24) is 4.72 Å². The molecule has 2 aromatic rings. The minimum atomic E-state index is -3.50. The monoisotopic (exact) mass is 290 g/mol. The first-order valence-electron chi connectivity index (χ1n) is 6.30. The molecule has 0 aliphatic carbocycles. The number of hydrogen-bond donors (Lipinski definition) is 2. The maximum absolute atomic E-state index is 12.3. The Bertz CT molecular complexity index is 707. The first-order valence-corrected chi connectivity index (χ1v) is 7.78. The van der Waals surface area contributed by atoms with Crippen LogP contribution in [0.15, 0.2) is 47.4 Å². The summed E-state index contributed by atoms with van der Waals surface area (Å²) in [6.45, 7) is 3.98. The fourth-order valence-electron chi connectivity index (χ4n) is 1.99. The molecule has 0 heterocycles. The molecule has 5 heteroatoms. The molecule has 0 radical (unpaired) electrons. The van der Waals surface area contributed by atoms with E-state index in [1.54, 1.807) is 43.3 Å². The molecule has 4 nitrogen and oxygen atoms in total. The van der Waals surface area contributed by atoms with Gasteiger partial charge < -0.3 is 5.73 Å². The van der Waals surface area contributed by atoms with Crippen molar-refractivity contribution in [3.8, 4) is 0 Å². The summed E-state index contributed by atoms with van der Waals surface area (Å²) in [6.07, 6.45) is 0. The van der Waals surface area contributed by atoms with E-state index in [2.05, 4.69) is 4.72 Å². The molecule has 2 rings (SSSR count). The fourth-order valence-corrected chi connectivity index (χ4v) is 3.23. The van der Waals surface area contributed by atoms with E-state index in [0.717, 1.165) is 16.7 Å². The Morgan fingerprint density at radius 3 is 2.30 bits per heavy atom. The number of nitrogens with two attached hydrogens (primary N) is 1. The molecular weight excluding hydrogens is 272 g/mol. The highest BCUT2D eigenvalue weighted by Gasteiger charge is 2.16. The van der Waals surface area contributed by atoms with Crippen LogP contribution in [0.2, 0.25) is 0 Å². The quantitative estimate of drug-likeness (QED) is 0.849. The van der Waals surface area contributed by atoms with Crippen molar-refractivity contribution >= 4 is 15.7 Å². The minimum Gasteiger partial charge on any atom is -0.399 e. The molecule has 0 aliphatic rings. The Balaban J connectivity index is 2.17. The summed E-state index contributed by atoms with van der Waals surface area (Å²) in [5, 5.41) is 0. The van der Waals surface area contributed by atoms with Crippen LogP contribution in [-0.2, 0) is 16.6 Å². The molecule has 0 amide bonds. The summed E-state index contributed by atoms with van der Waals surface area (Å²) in [4.78, 5) is 0.318. The maximum Gasteiger partial charge on any atom is 0.241 e. The van der Waals surface area contributed by atoms with E-state index in [-0.39, 0.29) is 6.54 Å². The van der Waals surface area contributed by atoms with Gasteiger partial charge in [0.25, 0.3) is 0 Å². The predicted octanol–water partition coefficient (Wildman–Crippen LogP) is 2.36. The molecule has 0 fully saturated rings. The van der Waals surface area contributed by atoms with Gasteiger partial charge in [0.1, 0.15) is 0 Å². The maximum atomic E-state index is 12.3. The number of benzene rings is 2. The Kier molecular flexibility index (Phi) is 4.11. The lowest BCUT2D eigenvalue weighted by molar-refractivity contribution is 0.580. The topological polar surface area (TPSA) is 72.2 Å². The molecule has 106 valence electrons. The SMILES string of the molecule is Cc1ccc(S(=O)(=O)NCc2ccc(N)cc2)c(C)c1. The molecule has 0 saturated heterocycles. The van der Waals surface area contributed by atoms with Gasteiger partial charge in [-0.2, -0.15) is 0 Å². The van der Waals surface area contributed by atoms with Crippen LogP contribution in [0.1, 0.15) is 16.7 Å². The van der Waals surface area contributed by atoms with Crippen molar-refractivity contribution < 1.29 is 8.42 Å². The Labute approximate surface area is 119 Å². The standard InChI is InChI=1S/C15H18N2O2S/c1-11-3-8-15(12(2)9-11)20(18,19)17-10-13-4-6-14(16)7-5-13/h3-9,17H,10,16H2,1-2H3. The highest BCUT2D eigenvalue weighted by atomic mass is 32.2. The van der Waals surface area contributed by atoms with E-state index >= 15 is 0 Å². The van der Waals surface area contributed by atoms with Crippen molar-refractivity contribution in [2.45, 2.75) is 25.3 Å². The number of anilines is 1. The zero-order valence-electron chi connectivity index (χ0n) is 11.6. The highest BCUT2D eigenvalue weighted by molar-refractivity contribution is 7.89. The van der Waals surface area contributed by atoms with E-state index in [4.69, 9.17) is 5.73 Å². The fraction of sp³-hybridized carbons (Fsp3) is 0.200. The summed E-state index contributed by atoms with van der Waals surface area (Å²) in [7, 11) is -3.50. The first-order chi connectivity index (χ1) is 9.38. The van der Waals surface area contributed by atoms with Gasteiger partial charge in [0.15, 0.2) is 0 Å². The smallest absolute Gasteiger partial charge is 0.241 e. The van der Waals surface area contributed by atoms with Crippen molar-refractivity contribution in [2.75, 3.05) is 5.73 Å². The van der Waals surface area contributed by atoms with Crippen LogP contribution < -0.4 is 10.5 Å². The first kappa shape index (κ1) is 14.6. The summed E-state index contributed by atoms with van der Waals surface area (Å²) in [6, 6.07) is 12.4. The van der Waals surface area contributed by atoms with E-state index in [0.29, 0.717) is 10.6 Å². The lowest BCUT2D eigenvalue weighted by atomic mass is 10.2. The summed E-state index contributed by atoms with van der Waals surface area (Å²) in [5.41, 5.74) is 8.91. The van der Waals surface area contributed by atoms with E-state index in [1.165, 1.54) is 0 Å². The van der Waals surface area contributed by atoms with Gasteiger partial charge in [0, 0.05) is 12.2 Å². The van der Waals surface area contributed by atoms with Crippen molar-refractivity contribution in [2.24, 2.45) is 0 Å². The zero-order valence-corrected chi connectivity index (χ0v) is 12.4. The summed E-state index contributed by atoms with van der Waals surface area (Å²) in [5.74, 6) is 0. The Morgan fingerprint density at radius 1 is 1.05 bits per heavy atom. The molecule has 0 bridgehead atoms. The van der Waals surface area contributed by atoms with Crippen LogP contribution in [-0.4, -0.2) is 8.42 Å². The number of aryl methyl sites for hydroxylation is 2. The van der Waals surface area contributed by atoms with Crippen molar-refractivity contribution in [3.05, 3.63) is 59.2 Å². The van der Waals surface area contributed by atoms with E-state index in [1.807, 2.05) is 13.0 Å². The van der Waals surface area contributed by atoms with Gasteiger partial charge in [-0.3, -0.25) is 0 Å². The second-order valence-corrected chi connectivity index (χ2v) is 6.57.